The van der Waals surface area contributed by atoms with Gasteiger partial charge in [-0.15, -0.1) is 0 Å². The summed E-state index contributed by atoms with van der Waals surface area (Å²) in [6, 6.07) is 3.18. The van der Waals surface area contributed by atoms with Crippen LogP contribution in [0.5, 0.6) is 0 Å². The van der Waals surface area contributed by atoms with Gasteiger partial charge in [0.1, 0.15) is 5.82 Å². The number of carbonyl (C=O) groups excluding carboxylic acids is 1. The number of amides is 2. The van der Waals surface area contributed by atoms with Gasteiger partial charge in [-0.2, -0.15) is 0 Å². The number of aromatic nitrogens is 1. The van der Waals surface area contributed by atoms with Crippen LogP contribution in [0.2, 0.25) is 5.02 Å². The van der Waals surface area contributed by atoms with Crippen molar-refractivity contribution in [2.24, 2.45) is 5.92 Å². The summed E-state index contributed by atoms with van der Waals surface area (Å²) in [5.41, 5.74) is 0. The highest BCUT2D eigenvalue weighted by Crippen LogP contribution is 2.25. The summed E-state index contributed by atoms with van der Waals surface area (Å²) in [6.07, 6.45) is 9.24. The lowest BCUT2D eigenvalue weighted by atomic mass is 9.87. The van der Waals surface area contributed by atoms with Gasteiger partial charge in [0, 0.05) is 12.7 Å². The van der Waals surface area contributed by atoms with Crippen LogP contribution in [0, 0.1) is 5.92 Å². The number of nitrogens with one attached hydrogen (secondary N) is 2. The highest BCUT2D eigenvalue weighted by atomic mass is 35.5. The van der Waals surface area contributed by atoms with E-state index in [0.29, 0.717) is 10.8 Å². The van der Waals surface area contributed by atoms with Gasteiger partial charge in [0.2, 0.25) is 0 Å². The number of carbonyl (C=O) groups is 1. The number of hydrogen-bond donors (Lipinski definition) is 2. The molecular formula is C14H20ClN3O. The van der Waals surface area contributed by atoms with Gasteiger partial charge < -0.3 is 5.32 Å². The summed E-state index contributed by atoms with van der Waals surface area (Å²) >= 11 is 5.73. The Morgan fingerprint density at radius 2 is 2.11 bits per heavy atom. The molecule has 0 atom stereocenters. The second-order valence-electron chi connectivity index (χ2n) is 5.04. The second-order valence-corrected chi connectivity index (χ2v) is 5.47. The van der Waals surface area contributed by atoms with Gasteiger partial charge in [0.05, 0.1) is 5.02 Å². The molecule has 1 aliphatic rings. The molecule has 0 saturated heterocycles. The number of urea groups is 1. The van der Waals surface area contributed by atoms with Crippen LogP contribution in [0.25, 0.3) is 0 Å². The van der Waals surface area contributed by atoms with Crippen molar-refractivity contribution < 1.29 is 4.79 Å². The van der Waals surface area contributed by atoms with Gasteiger partial charge in [0.15, 0.2) is 0 Å². The van der Waals surface area contributed by atoms with Crippen molar-refractivity contribution in [3.05, 3.63) is 23.4 Å². The molecule has 1 heterocycles. The maximum atomic E-state index is 11.6. The number of halogens is 1. The molecule has 0 aliphatic heterocycles. The van der Waals surface area contributed by atoms with E-state index < -0.39 is 0 Å². The van der Waals surface area contributed by atoms with Crippen LogP contribution in [0.15, 0.2) is 18.3 Å². The average molecular weight is 282 g/mol. The Balaban J connectivity index is 1.65. The number of rotatable bonds is 4. The van der Waals surface area contributed by atoms with Crippen molar-refractivity contribution in [2.45, 2.75) is 38.5 Å². The molecule has 2 N–H and O–H groups in total. The summed E-state index contributed by atoms with van der Waals surface area (Å²) in [5.74, 6) is 1.29. The third-order valence-corrected chi connectivity index (χ3v) is 3.76. The van der Waals surface area contributed by atoms with E-state index in [9.17, 15) is 4.79 Å². The molecule has 104 valence electrons. The minimum Gasteiger partial charge on any atom is -0.338 e. The summed E-state index contributed by atoms with van der Waals surface area (Å²) in [5, 5.41) is 6.12. The Morgan fingerprint density at radius 3 is 2.79 bits per heavy atom. The lowest BCUT2D eigenvalue weighted by Gasteiger charge is -2.21. The van der Waals surface area contributed by atoms with E-state index in [1.54, 1.807) is 12.1 Å². The summed E-state index contributed by atoms with van der Waals surface area (Å²) in [4.78, 5) is 15.7. The first-order valence-electron chi connectivity index (χ1n) is 6.90. The Labute approximate surface area is 118 Å². The third kappa shape index (κ3) is 5.07. The van der Waals surface area contributed by atoms with Crippen LogP contribution in [-0.2, 0) is 0 Å². The molecule has 2 amide bonds. The van der Waals surface area contributed by atoms with E-state index in [1.165, 1.54) is 38.3 Å². The number of anilines is 1. The summed E-state index contributed by atoms with van der Waals surface area (Å²) < 4.78 is 0. The molecular weight excluding hydrogens is 262 g/mol. The quantitative estimate of drug-likeness (QED) is 0.881. The maximum Gasteiger partial charge on any atom is 0.320 e. The molecule has 0 spiro atoms. The molecule has 1 aromatic rings. The first kappa shape index (κ1) is 14.1. The zero-order chi connectivity index (χ0) is 13.5. The Kier molecular flexibility index (Phi) is 5.45. The Hall–Kier alpha value is -1.29. The topological polar surface area (TPSA) is 54.0 Å². The molecule has 5 heteroatoms. The lowest BCUT2D eigenvalue weighted by molar-refractivity contribution is 0.250. The molecule has 0 bridgehead atoms. The molecule has 0 unspecified atom stereocenters. The Morgan fingerprint density at radius 1 is 1.32 bits per heavy atom. The molecule has 1 fully saturated rings. The fraction of sp³-hybridized carbons (Fsp3) is 0.571. The van der Waals surface area contributed by atoms with Crippen molar-refractivity contribution in [1.29, 1.82) is 0 Å². The molecule has 0 radical (unpaired) electrons. The first-order valence-corrected chi connectivity index (χ1v) is 7.28. The van der Waals surface area contributed by atoms with E-state index in [2.05, 4.69) is 15.6 Å². The largest absolute Gasteiger partial charge is 0.338 e. The normalized spacial score (nSPS) is 16.1. The molecule has 4 nitrogen and oxygen atoms in total. The van der Waals surface area contributed by atoms with Crippen molar-refractivity contribution in [3.63, 3.8) is 0 Å². The monoisotopic (exact) mass is 281 g/mol. The van der Waals surface area contributed by atoms with Gasteiger partial charge >= 0.3 is 6.03 Å². The van der Waals surface area contributed by atoms with Crippen LogP contribution >= 0.6 is 11.6 Å². The molecule has 1 aromatic heterocycles. The fourth-order valence-corrected chi connectivity index (χ4v) is 2.59. The van der Waals surface area contributed by atoms with E-state index >= 15 is 0 Å². The Bertz CT molecular complexity index is 402. The third-order valence-electron chi connectivity index (χ3n) is 3.53. The van der Waals surface area contributed by atoms with Crippen LogP contribution in [0.4, 0.5) is 10.6 Å². The smallest absolute Gasteiger partial charge is 0.320 e. The van der Waals surface area contributed by atoms with Gasteiger partial charge in [-0.05, 0) is 24.5 Å². The number of pyridine rings is 1. The molecule has 2 rings (SSSR count). The van der Waals surface area contributed by atoms with Gasteiger partial charge in [-0.3, -0.25) is 5.32 Å². The number of hydrogen-bond acceptors (Lipinski definition) is 2. The van der Waals surface area contributed by atoms with E-state index in [1.807, 2.05) is 0 Å². The number of nitrogens with zero attached hydrogens (tertiary/aromatic N) is 1. The molecule has 0 aromatic carbocycles. The van der Waals surface area contributed by atoms with Crippen LogP contribution in [0.1, 0.15) is 38.5 Å². The molecule has 19 heavy (non-hydrogen) atoms. The average Bonchev–Trinajstić information content (AvgIpc) is 2.43. The standard InChI is InChI=1S/C14H20ClN3O/c15-12-6-7-13(17-10-12)18-14(19)16-9-8-11-4-2-1-3-5-11/h6-7,10-11H,1-5,8-9H2,(H2,16,17,18,19). The zero-order valence-electron chi connectivity index (χ0n) is 11.0. The second kappa shape index (κ2) is 7.34. The lowest BCUT2D eigenvalue weighted by Crippen LogP contribution is -2.31. The van der Waals surface area contributed by atoms with Crippen molar-refractivity contribution in [2.75, 3.05) is 11.9 Å². The van der Waals surface area contributed by atoms with Crippen molar-refractivity contribution in [1.82, 2.24) is 10.3 Å². The minimum atomic E-state index is -0.203. The van der Waals surface area contributed by atoms with Gasteiger partial charge in [-0.25, -0.2) is 9.78 Å². The van der Waals surface area contributed by atoms with Crippen molar-refractivity contribution in [3.8, 4) is 0 Å². The predicted octanol–water partition coefficient (Wildman–Crippen LogP) is 3.83. The van der Waals surface area contributed by atoms with Gasteiger partial charge in [0.25, 0.3) is 0 Å². The highest BCUT2D eigenvalue weighted by Gasteiger charge is 2.13. The van der Waals surface area contributed by atoms with Crippen LogP contribution < -0.4 is 10.6 Å². The van der Waals surface area contributed by atoms with Gasteiger partial charge in [-0.1, -0.05) is 43.7 Å². The minimum absolute atomic E-state index is 0.203. The predicted molar refractivity (Wildman–Crippen MR) is 77.5 cm³/mol. The molecule has 1 saturated carbocycles. The van der Waals surface area contributed by atoms with Crippen molar-refractivity contribution >= 4 is 23.4 Å². The first-order chi connectivity index (χ1) is 9.24. The summed E-state index contributed by atoms with van der Waals surface area (Å²) in [7, 11) is 0. The van der Waals surface area contributed by atoms with E-state index in [4.69, 9.17) is 11.6 Å². The SMILES string of the molecule is O=C(NCCC1CCCCC1)Nc1ccc(Cl)cn1. The molecule has 1 aliphatic carbocycles. The van der Waals surface area contributed by atoms with Crippen LogP contribution in [0.3, 0.4) is 0 Å². The van der Waals surface area contributed by atoms with E-state index in [0.717, 1.165) is 18.9 Å². The zero-order valence-corrected chi connectivity index (χ0v) is 11.7. The fourth-order valence-electron chi connectivity index (χ4n) is 2.48. The van der Waals surface area contributed by atoms with Crippen LogP contribution in [-0.4, -0.2) is 17.6 Å². The van der Waals surface area contributed by atoms with E-state index in [-0.39, 0.29) is 6.03 Å². The summed E-state index contributed by atoms with van der Waals surface area (Å²) in [6.45, 7) is 0.726. The maximum absolute atomic E-state index is 11.6. The highest BCUT2D eigenvalue weighted by molar-refractivity contribution is 6.30.